The van der Waals surface area contributed by atoms with Gasteiger partial charge >= 0.3 is 0 Å². The Hall–Kier alpha value is -3.54. The molecule has 0 N–H and O–H groups in total. The lowest BCUT2D eigenvalue weighted by Crippen LogP contribution is -2.34. The van der Waals surface area contributed by atoms with E-state index in [0.29, 0.717) is 12.0 Å². The number of benzene rings is 3. The Kier molecular flexibility index (Phi) is 3.53. The molecule has 2 atom stereocenters. The largest absolute Gasteiger partial charge is 0.464 e. The summed E-state index contributed by atoms with van der Waals surface area (Å²) in [7, 11) is 0. The van der Waals surface area contributed by atoms with Crippen molar-refractivity contribution < 1.29 is 18.6 Å². The molecule has 3 aliphatic heterocycles. The third-order valence-corrected chi connectivity index (χ3v) is 5.58. The minimum absolute atomic E-state index is 0.0232. The summed E-state index contributed by atoms with van der Waals surface area (Å²) in [6, 6.07) is 20.4. The quantitative estimate of drug-likeness (QED) is 0.633. The third-order valence-electron chi connectivity index (χ3n) is 5.58. The van der Waals surface area contributed by atoms with Crippen LogP contribution < -0.4 is 14.2 Å². The van der Waals surface area contributed by atoms with Gasteiger partial charge in [0.15, 0.2) is 11.5 Å². The standard InChI is InChI=1S/C23H17FN2O3/c24-17-7-3-1-5-15(17)23-26-19(16-6-2-4-8-20(16)29-23)12-18(25-26)14-9-10-21-22(11-14)28-13-27-21/h1-11,19,23H,12-13H2/t19-,23+/m1/s1. The first-order chi connectivity index (χ1) is 14.3. The number of hydrogen-bond acceptors (Lipinski definition) is 5. The lowest BCUT2D eigenvalue weighted by Gasteiger charge is -2.38. The van der Waals surface area contributed by atoms with E-state index in [1.54, 1.807) is 12.1 Å². The molecule has 3 heterocycles. The van der Waals surface area contributed by atoms with Gasteiger partial charge in [0, 0.05) is 17.5 Å². The highest BCUT2D eigenvalue weighted by Crippen LogP contribution is 2.48. The summed E-state index contributed by atoms with van der Waals surface area (Å²) in [5.74, 6) is 1.92. The zero-order valence-electron chi connectivity index (χ0n) is 15.4. The van der Waals surface area contributed by atoms with Gasteiger partial charge in [0.25, 0.3) is 0 Å². The summed E-state index contributed by atoms with van der Waals surface area (Å²) in [6.45, 7) is 0.233. The van der Waals surface area contributed by atoms with Crippen molar-refractivity contribution in [3.05, 3.63) is 89.2 Å². The predicted molar refractivity (Wildman–Crippen MR) is 105 cm³/mol. The third kappa shape index (κ3) is 2.56. The molecular formula is C23H17FN2O3. The number of rotatable bonds is 2. The molecule has 0 unspecified atom stereocenters. The summed E-state index contributed by atoms with van der Waals surface area (Å²) in [6.07, 6.45) is 0.0768. The number of halogens is 1. The maximum absolute atomic E-state index is 14.6. The molecule has 0 fully saturated rings. The number of hydrogen-bond donors (Lipinski definition) is 0. The van der Waals surface area contributed by atoms with Crippen molar-refractivity contribution in [3.8, 4) is 17.2 Å². The molecule has 0 saturated carbocycles. The van der Waals surface area contributed by atoms with E-state index in [1.165, 1.54) is 6.07 Å². The fourth-order valence-electron chi connectivity index (χ4n) is 4.17. The van der Waals surface area contributed by atoms with Crippen LogP contribution in [0.4, 0.5) is 4.39 Å². The van der Waals surface area contributed by atoms with E-state index in [9.17, 15) is 4.39 Å². The van der Waals surface area contributed by atoms with Crippen molar-refractivity contribution in [2.45, 2.75) is 18.7 Å². The Morgan fingerprint density at radius 2 is 1.66 bits per heavy atom. The minimum atomic E-state index is -0.623. The van der Waals surface area contributed by atoms with Crippen molar-refractivity contribution >= 4 is 5.71 Å². The highest BCUT2D eigenvalue weighted by atomic mass is 19.1. The van der Waals surface area contributed by atoms with E-state index in [4.69, 9.17) is 19.3 Å². The summed E-state index contributed by atoms with van der Waals surface area (Å²) >= 11 is 0. The number of nitrogens with zero attached hydrogens (tertiary/aromatic N) is 2. The van der Waals surface area contributed by atoms with Crippen LogP contribution in [-0.4, -0.2) is 17.5 Å². The average molecular weight is 388 g/mol. The molecule has 0 spiro atoms. The molecule has 6 heteroatoms. The molecular weight excluding hydrogens is 371 g/mol. The second-order valence-electron chi connectivity index (χ2n) is 7.24. The Bertz CT molecular complexity index is 1150. The van der Waals surface area contributed by atoms with Gasteiger partial charge in [-0.05, 0) is 30.3 Å². The molecule has 5 nitrogen and oxygen atoms in total. The molecule has 3 aromatic carbocycles. The van der Waals surface area contributed by atoms with Crippen LogP contribution in [-0.2, 0) is 0 Å². The second kappa shape index (κ2) is 6.24. The first kappa shape index (κ1) is 16.4. The lowest BCUT2D eigenvalue weighted by molar-refractivity contribution is -0.0212. The lowest BCUT2D eigenvalue weighted by atomic mass is 9.95. The van der Waals surface area contributed by atoms with Crippen LogP contribution >= 0.6 is 0 Å². The first-order valence-electron chi connectivity index (χ1n) is 9.54. The van der Waals surface area contributed by atoms with Crippen LogP contribution in [0, 0.1) is 5.82 Å². The fraction of sp³-hybridized carbons (Fsp3) is 0.174. The van der Waals surface area contributed by atoms with Gasteiger partial charge in [-0.1, -0.05) is 36.4 Å². The SMILES string of the molecule is Fc1ccccc1[C@@H]1Oc2ccccc2[C@H]2CC(c3ccc4c(c3)OCO4)=NN21. The summed E-state index contributed by atoms with van der Waals surface area (Å²) < 4.78 is 31.7. The molecule has 6 rings (SSSR count). The number of hydrazone groups is 1. The van der Waals surface area contributed by atoms with Gasteiger partial charge in [0.05, 0.1) is 17.3 Å². The van der Waals surface area contributed by atoms with Gasteiger partial charge in [-0.15, -0.1) is 0 Å². The van der Waals surface area contributed by atoms with E-state index in [0.717, 1.165) is 34.1 Å². The van der Waals surface area contributed by atoms with Gasteiger partial charge in [-0.2, -0.15) is 5.10 Å². The molecule has 0 radical (unpaired) electrons. The van der Waals surface area contributed by atoms with Crippen molar-refractivity contribution in [3.63, 3.8) is 0 Å². The second-order valence-corrected chi connectivity index (χ2v) is 7.24. The molecule has 144 valence electrons. The normalized spacial score (nSPS) is 21.3. The first-order valence-corrected chi connectivity index (χ1v) is 9.54. The Labute approximate surface area is 166 Å². The Morgan fingerprint density at radius 3 is 2.55 bits per heavy atom. The van der Waals surface area contributed by atoms with Crippen LogP contribution in [0.15, 0.2) is 71.8 Å². The molecule has 3 aliphatic rings. The summed E-state index contributed by atoms with van der Waals surface area (Å²) in [5, 5.41) is 6.74. The summed E-state index contributed by atoms with van der Waals surface area (Å²) in [4.78, 5) is 0. The zero-order chi connectivity index (χ0) is 19.4. The Morgan fingerprint density at radius 1 is 0.862 bits per heavy atom. The van der Waals surface area contributed by atoms with Crippen molar-refractivity contribution in [2.75, 3.05) is 6.79 Å². The van der Waals surface area contributed by atoms with Crippen molar-refractivity contribution in [2.24, 2.45) is 5.10 Å². The Balaban J connectivity index is 1.45. The van der Waals surface area contributed by atoms with E-state index in [-0.39, 0.29) is 18.7 Å². The van der Waals surface area contributed by atoms with Gasteiger partial charge in [0.1, 0.15) is 11.6 Å². The predicted octanol–water partition coefficient (Wildman–Crippen LogP) is 4.80. The zero-order valence-corrected chi connectivity index (χ0v) is 15.4. The van der Waals surface area contributed by atoms with Crippen molar-refractivity contribution in [1.29, 1.82) is 0 Å². The maximum Gasteiger partial charge on any atom is 0.231 e. The molecule has 0 bridgehead atoms. The molecule has 3 aromatic rings. The van der Waals surface area contributed by atoms with E-state index < -0.39 is 6.23 Å². The number of fused-ring (bicyclic) bond motifs is 4. The highest BCUT2D eigenvalue weighted by Gasteiger charge is 2.41. The van der Waals surface area contributed by atoms with Gasteiger partial charge in [-0.25, -0.2) is 9.40 Å². The van der Waals surface area contributed by atoms with Gasteiger partial charge in [0.2, 0.25) is 13.0 Å². The van der Waals surface area contributed by atoms with E-state index in [2.05, 4.69) is 0 Å². The molecule has 0 aliphatic carbocycles. The van der Waals surface area contributed by atoms with Gasteiger partial charge < -0.3 is 14.2 Å². The molecule has 0 amide bonds. The van der Waals surface area contributed by atoms with Crippen LogP contribution in [0.25, 0.3) is 0 Å². The van der Waals surface area contributed by atoms with Crippen LogP contribution in [0.5, 0.6) is 17.2 Å². The highest BCUT2D eigenvalue weighted by molar-refractivity contribution is 6.02. The number of ether oxygens (including phenoxy) is 3. The van der Waals surface area contributed by atoms with E-state index in [1.807, 2.05) is 53.5 Å². The molecule has 0 aromatic heterocycles. The minimum Gasteiger partial charge on any atom is -0.464 e. The van der Waals surface area contributed by atoms with Crippen molar-refractivity contribution in [1.82, 2.24) is 5.01 Å². The van der Waals surface area contributed by atoms with E-state index >= 15 is 0 Å². The molecule has 29 heavy (non-hydrogen) atoms. The van der Waals surface area contributed by atoms with Gasteiger partial charge in [-0.3, -0.25) is 0 Å². The smallest absolute Gasteiger partial charge is 0.231 e. The van der Waals surface area contributed by atoms with Crippen LogP contribution in [0.2, 0.25) is 0 Å². The summed E-state index contributed by atoms with van der Waals surface area (Å²) in [5.41, 5.74) is 3.41. The number of para-hydroxylation sites is 1. The maximum atomic E-state index is 14.6. The topological polar surface area (TPSA) is 43.3 Å². The molecule has 0 saturated heterocycles. The van der Waals surface area contributed by atoms with Crippen LogP contribution in [0.1, 0.15) is 35.4 Å². The monoisotopic (exact) mass is 388 g/mol. The van der Waals surface area contributed by atoms with Crippen LogP contribution in [0.3, 0.4) is 0 Å². The average Bonchev–Trinajstić information content (AvgIpc) is 3.40. The fourth-order valence-corrected chi connectivity index (χ4v) is 4.17.